The van der Waals surface area contributed by atoms with Gasteiger partial charge < -0.3 is 19.5 Å². The predicted octanol–water partition coefficient (Wildman–Crippen LogP) is 3.56. The summed E-state index contributed by atoms with van der Waals surface area (Å²) in [4.78, 5) is 27.5. The molecule has 2 aliphatic heterocycles. The van der Waals surface area contributed by atoms with Crippen molar-refractivity contribution in [3.05, 3.63) is 59.5 Å². The van der Waals surface area contributed by atoms with Crippen molar-refractivity contribution in [2.45, 2.75) is 26.4 Å². The van der Waals surface area contributed by atoms with Crippen molar-refractivity contribution in [3.63, 3.8) is 0 Å². The van der Waals surface area contributed by atoms with Gasteiger partial charge in [-0.05, 0) is 50.1 Å². The molecule has 31 heavy (non-hydrogen) atoms. The molecule has 0 saturated heterocycles. The van der Waals surface area contributed by atoms with Crippen molar-refractivity contribution in [2.24, 2.45) is 0 Å². The maximum Gasteiger partial charge on any atom is 0.278 e. The van der Waals surface area contributed by atoms with Crippen LogP contribution in [0.2, 0.25) is 0 Å². The number of anilines is 1. The summed E-state index contributed by atoms with van der Waals surface area (Å²) in [6, 6.07) is 10.7. The highest BCUT2D eigenvalue weighted by atomic mass is 19.1. The number of imide groups is 1. The second-order valence-corrected chi connectivity index (χ2v) is 7.48. The summed E-state index contributed by atoms with van der Waals surface area (Å²) in [5.41, 5.74) is 1.38. The number of carbonyl (C=O) groups excluding carboxylic acids is 2. The molecule has 0 aliphatic carbocycles. The zero-order valence-electron chi connectivity index (χ0n) is 17.3. The third kappa shape index (κ3) is 4.39. The van der Waals surface area contributed by atoms with Crippen molar-refractivity contribution in [1.29, 1.82) is 0 Å². The third-order valence-electron chi connectivity index (χ3n) is 4.92. The van der Waals surface area contributed by atoms with Crippen LogP contribution in [-0.4, -0.2) is 42.8 Å². The number of halogens is 1. The number of carbonyl (C=O) groups is 2. The first-order valence-electron chi connectivity index (χ1n) is 10.1. The van der Waals surface area contributed by atoms with Crippen LogP contribution in [-0.2, 0) is 14.3 Å². The molecule has 0 atom stereocenters. The number of rotatable bonds is 8. The number of fused-ring (bicyclic) bond motifs is 1. The van der Waals surface area contributed by atoms with Gasteiger partial charge in [0.15, 0.2) is 11.5 Å². The molecular formula is C23H23FN2O5. The Kier molecular flexibility index (Phi) is 5.90. The Balaban J connectivity index is 1.62. The van der Waals surface area contributed by atoms with Gasteiger partial charge in [-0.25, -0.2) is 4.39 Å². The number of benzene rings is 2. The Morgan fingerprint density at radius 1 is 1.06 bits per heavy atom. The van der Waals surface area contributed by atoms with Crippen LogP contribution in [0, 0.1) is 5.82 Å². The Morgan fingerprint density at radius 2 is 1.81 bits per heavy atom. The molecule has 2 heterocycles. The van der Waals surface area contributed by atoms with Gasteiger partial charge in [0.25, 0.3) is 11.8 Å². The minimum atomic E-state index is -0.438. The first-order valence-corrected chi connectivity index (χ1v) is 10.1. The maximum absolute atomic E-state index is 13.4. The average Bonchev–Trinajstić information content (AvgIpc) is 3.29. The lowest BCUT2D eigenvalue weighted by Gasteiger charge is -2.16. The monoisotopic (exact) mass is 426 g/mol. The van der Waals surface area contributed by atoms with E-state index in [1.165, 1.54) is 29.2 Å². The molecule has 4 rings (SSSR count). The molecule has 7 nitrogen and oxygen atoms in total. The van der Waals surface area contributed by atoms with Crippen molar-refractivity contribution < 1.29 is 28.2 Å². The molecule has 0 saturated carbocycles. The van der Waals surface area contributed by atoms with Gasteiger partial charge in [0.2, 0.25) is 6.79 Å². The van der Waals surface area contributed by atoms with Crippen LogP contribution < -0.4 is 14.8 Å². The first kappa shape index (κ1) is 20.9. The van der Waals surface area contributed by atoms with E-state index in [2.05, 4.69) is 5.32 Å². The summed E-state index contributed by atoms with van der Waals surface area (Å²) in [7, 11) is 0. The van der Waals surface area contributed by atoms with Crippen molar-refractivity contribution in [2.75, 3.05) is 25.3 Å². The van der Waals surface area contributed by atoms with Crippen LogP contribution in [0.3, 0.4) is 0 Å². The number of hydrogen-bond donors (Lipinski definition) is 1. The number of nitrogens with one attached hydrogen (secondary N) is 1. The highest BCUT2D eigenvalue weighted by molar-refractivity contribution is 6.36. The lowest BCUT2D eigenvalue weighted by Crippen LogP contribution is -2.34. The summed E-state index contributed by atoms with van der Waals surface area (Å²) in [6.45, 7) is 4.64. The molecule has 1 N–H and O–H groups in total. The van der Waals surface area contributed by atoms with Crippen LogP contribution in [0.25, 0.3) is 5.57 Å². The molecular weight excluding hydrogens is 403 g/mol. The molecule has 162 valence electrons. The summed E-state index contributed by atoms with van der Waals surface area (Å²) in [5, 5.41) is 3.06. The van der Waals surface area contributed by atoms with Crippen molar-refractivity contribution in [1.82, 2.24) is 4.90 Å². The largest absolute Gasteiger partial charge is 0.454 e. The maximum atomic E-state index is 13.4. The van der Waals surface area contributed by atoms with Gasteiger partial charge in [0.05, 0.1) is 11.7 Å². The van der Waals surface area contributed by atoms with E-state index in [0.29, 0.717) is 35.8 Å². The van der Waals surface area contributed by atoms with Crippen molar-refractivity contribution >= 4 is 23.1 Å². The van der Waals surface area contributed by atoms with Crippen LogP contribution in [0.4, 0.5) is 10.1 Å². The lowest BCUT2D eigenvalue weighted by atomic mass is 10.0. The standard InChI is InChI=1S/C23H23FN2O5/c1-14(2)29-11-3-10-26-22(27)20(15-4-6-16(24)7-5-15)21(23(26)28)25-17-8-9-18-19(12-17)31-13-30-18/h4-9,12,14,25H,3,10-11,13H2,1-2H3. The fourth-order valence-corrected chi connectivity index (χ4v) is 3.44. The van der Waals surface area contributed by atoms with E-state index in [1.807, 2.05) is 13.8 Å². The molecule has 2 aromatic rings. The second kappa shape index (κ2) is 8.77. The summed E-state index contributed by atoms with van der Waals surface area (Å²) >= 11 is 0. The number of nitrogens with zero attached hydrogens (tertiary/aromatic N) is 1. The molecule has 0 fully saturated rings. The molecule has 8 heteroatoms. The Hall–Kier alpha value is -3.39. The van der Waals surface area contributed by atoms with Gasteiger partial charge in [-0.1, -0.05) is 12.1 Å². The Bertz CT molecular complexity index is 1030. The van der Waals surface area contributed by atoms with Crippen molar-refractivity contribution in [3.8, 4) is 11.5 Å². The second-order valence-electron chi connectivity index (χ2n) is 7.48. The van der Waals surface area contributed by atoms with Crippen LogP contribution in [0.5, 0.6) is 11.5 Å². The zero-order chi connectivity index (χ0) is 22.0. The third-order valence-corrected chi connectivity index (χ3v) is 4.92. The van der Waals surface area contributed by atoms with Gasteiger partial charge in [-0.2, -0.15) is 0 Å². The minimum Gasteiger partial charge on any atom is -0.454 e. The topological polar surface area (TPSA) is 77.1 Å². The van der Waals surface area contributed by atoms with Crippen LogP contribution in [0.1, 0.15) is 25.8 Å². The van der Waals surface area contributed by atoms with Gasteiger partial charge in [0.1, 0.15) is 11.5 Å². The Morgan fingerprint density at radius 3 is 2.55 bits per heavy atom. The Labute approximate surface area is 179 Å². The van der Waals surface area contributed by atoms with E-state index in [4.69, 9.17) is 14.2 Å². The average molecular weight is 426 g/mol. The van der Waals surface area contributed by atoms with Crippen LogP contribution >= 0.6 is 0 Å². The molecule has 0 spiro atoms. The normalized spacial score (nSPS) is 15.4. The van der Waals surface area contributed by atoms with E-state index in [1.54, 1.807) is 18.2 Å². The lowest BCUT2D eigenvalue weighted by molar-refractivity contribution is -0.137. The van der Waals surface area contributed by atoms with E-state index in [-0.39, 0.29) is 30.7 Å². The highest BCUT2D eigenvalue weighted by Crippen LogP contribution is 2.36. The molecule has 0 unspecified atom stereocenters. The molecule has 0 radical (unpaired) electrons. The molecule has 0 aromatic heterocycles. The highest BCUT2D eigenvalue weighted by Gasteiger charge is 2.39. The minimum absolute atomic E-state index is 0.0705. The van der Waals surface area contributed by atoms with E-state index < -0.39 is 17.6 Å². The quantitative estimate of drug-likeness (QED) is 0.514. The zero-order valence-corrected chi connectivity index (χ0v) is 17.3. The summed E-state index contributed by atoms with van der Waals surface area (Å²) in [5.74, 6) is -0.127. The molecule has 2 aliphatic rings. The number of hydrogen-bond acceptors (Lipinski definition) is 6. The summed E-state index contributed by atoms with van der Waals surface area (Å²) < 4.78 is 29.6. The number of amides is 2. The van der Waals surface area contributed by atoms with Gasteiger partial charge >= 0.3 is 0 Å². The molecule has 0 bridgehead atoms. The summed E-state index contributed by atoms with van der Waals surface area (Å²) in [6.07, 6.45) is 0.588. The molecule has 2 amide bonds. The smallest absolute Gasteiger partial charge is 0.278 e. The SMILES string of the molecule is CC(C)OCCCN1C(=O)C(Nc2ccc3c(c2)OCO3)=C(c2ccc(F)cc2)C1=O. The molecule has 2 aromatic carbocycles. The fourth-order valence-electron chi connectivity index (χ4n) is 3.44. The number of ether oxygens (including phenoxy) is 3. The van der Waals surface area contributed by atoms with Gasteiger partial charge in [-0.3, -0.25) is 14.5 Å². The van der Waals surface area contributed by atoms with E-state index in [0.717, 1.165) is 0 Å². The van der Waals surface area contributed by atoms with Crippen LogP contribution in [0.15, 0.2) is 48.2 Å². The van der Waals surface area contributed by atoms with E-state index in [9.17, 15) is 14.0 Å². The first-order chi connectivity index (χ1) is 14.9. The predicted molar refractivity (Wildman–Crippen MR) is 112 cm³/mol. The fraction of sp³-hybridized carbons (Fsp3) is 0.304. The van der Waals surface area contributed by atoms with Gasteiger partial charge in [0, 0.05) is 24.9 Å². The van der Waals surface area contributed by atoms with E-state index >= 15 is 0 Å². The van der Waals surface area contributed by atoms with Gasteiger partial charge in [-0.15, -0.1) is 0 Å².